The third kappa shape index (κ3) is 3.40. The first kappa shape index (κ1) is 12.8. The second-order valence-corrected chi connectivity index (χ2v) is 4.24. The van der Waals surface area contributed by atoms with Crippen molar-refractivity contribution in [2.24, 2.45) is 0 Å². The van der Waals surface area contributed by atoms with Gasteiger partial charge in [-0.05, 0) is 15.9 Å². The Balaban J connectivity index is 2.06. The van der Waals surface area contributed by atoms with Gasteiger partial charge in [0.1, 0.15) is 5.52 Å². The maximum Gasteiger partial charge on any atom is 0.339 e. The first-order chi connectivity index (χ1) is 8.79. The van der Waals surface area contributed by atoms with Crippen molar-refractivity contribution in [1.82, 2.24) is 0 Å². The molecule has 0 bridgehead atoms. The Labute approximate surface area is 114 Å². The van der Waals surface area contributed by atoms with Crippen molar-refractivity contribution in [3.05, 3.63) is 66.0 Å². The Morgan fingerprint density at radius 3 is 2.39 bits per heavy atom. The lowest BCUT2D eigenvalue weighted by molar-refractivity contribution is -0.688. The number of carbonyl (C=O) groups is 1. The molecule has 92 valence electrons. The van der Waals surface area contributed by atoms with Crippen LogP contribution >= 0.6 is 15.9 Å². The molecular formula is C14H13BrNO2+. The van der Waals surface area contributed by atoms with Crippen molar-refractivity contribution in [3.8, 4) is 0 Å². The highest BCUT2D eigenvalue weighted by Gasteiger charge is 2.09. The van der Waals surface area contributed by atoms with Crippen molar-refractivity contribution in [1.29, 1.82) is 0 Å². The van der Waals surface area contributed by atoms with E-state index in [9.17, 15) is 4.79 Å². The molecule has 2 aromatic rings. The Kier molecular flexibility index (Phi) is 4.47. The molecule has 0 radical (unpaired) electrons. The van der Waals surface area contributed by atoms with E-state index in [4.69, 9.17) is 4.74 Å². The van der Waals surface area contributed by atoms with Crippen molar-refractivity contribution in [3.63, 3.8) is 0 Å². The molecule has 18 heavy (non-hydrogen) atoms. The van der Waals surface area contributed by atoms with E-state index in [0.29, 0.717) is 5.56 Å². The van der Waals surface area contributed by atoms with E-state index in [-0.39, 0.29) is 11.5 Å². The van der Waals surface area contributed by atoms with Crippen molar-refractivity contribution >= 4 is 21.9 Å². The number of carbonyl (C=O) groups excluding carboxylic acids is 1. The number of nitrogens with zero attached hydrogens (tertiary/aromatic N) is 1. The maximum absolute atomic E-state index is 11.5. The monoisotopic (exact) mass is 306 g/mol. The van der Waals surface area contributed by atoms with Crippen LogP contribution in [-0.4, -0.2) is 11.5 Å². The number of halogens is 1. The molecule has 0 aliphatic heterocycles. The van der Waals surface area contributed by atoms with Crippen LogP contribution in [-0.2, 0) is 11.3 Å². The van der Waals surface area contributed by atoms with E-state index in [1.165, 1.54) is 5.56 Å². The summed E-state index contributed by atoms with van der Waals surface area (Å²) in [5.41, 5.74) is 1.99. The van der Waals surface area contributed by atoms with Gasteiger partial charge in [-0.15, -0.1) is 0 Å². The van der Waals surface area contributed by atoms with Crippen molar-refractivity contribution in [2.45, 2.75) is 6.54 Å². The summed E-state index contributed by atoms with van der Waals surface area (Å²) in [5, 5.41) is 0. The zero-order chi connectivity index (χ0) is 12.8. The summed E-state index contributed by atoms with van der Waals surface area (Å²) in [4.78, 5) is 11.5. The van der Waals surface area contributed by atoms with Crippen molar-refractivity contribution < 1.29 is 14.1 Å². The number of pyridine rings is 1. The van der Waals surface area contributed by atoms with Gasteiger partial charge in [0.2, 0.25) is 0 Å². The number of aromatic nitrogens is 1. The molecule has 0 fully saturated rings. The molecule has 0 spiro atoms. The van der Waals surface area contributed by atoms with E-state index in [1.807, 2.05) is 35.2 Å². The molecule has 0 N–H and O–H groups in total. The van der Waals surface area contributed by atoms with Crippen LogP contribution in [0.25, 0.3) is 0 Å². The molecule has 0 atom stereocenters. The number of esters is 1. The van der Waals surface area contributed by atoms with Crippen LogP contribution in [0.2, 0.25) is 0 Å². The predicted molar refractivity (Wildman–Crippen MR) is 71.4 cm³/mol. The lowest BCUT2D eigenvalue weighted by Crippen LogP contribution is -2.33. The molecule has 0 aliphatic rings. The number of alkyl halides is 1. The Morgan fingerprint density at radius 1 is 1.11 bits per heavy atom. The summed E-state index contributed by atoms with van der Waals surface area (Å²) in [6, 6.07) is 13.7. The third-order valence-corrected chi connectivity index (χ3v) is 2.75. The molecule has 3 nitrogen and oxygen atoms in total. The molecule has 0 aliphatic carbocycles. The van der Waals surface area contributed by atoms with Gasteiger partial charge in [-0.1, -0.05) is 30.3 Å². The number of hydrogen-bond acceptors (Lipinski definition) is 2. The standard InChI is InChI=1S/C14H13BrNO2/c15-11-18-14(17)13-6-8-16(9-7-13)10-12-4-2-1-3-5-12/h1-9H,10-11H2/q+1. The fourth-order valence-corrected chi connectivity index (χ4v) is 1.83. The highest BCUT2D eigenvalue weighted by atomic mass is 79.9. The average molecular weight is 307 g/mol. The van der Waals surface area contributed by atoms with E-state index in [0.717, 1.165) is 6.54 Å². The van der Waals surface area contributed by atoms with Gasteiger partial charge in [-0.2, -0.15) is 0 Å². The first-order valence-electron chi connectivity index (χ1n) is 5.56. The van der Waals surface area contributed by atoms with E-state index < -0.39 is 0 Å². The van der Waals surface area contributed by atoms with Gasteiger partial charge in [0, 0.05) is 17.7 Å². The second kappa shape index (κ2) is 6.31. The van der Waals surface area contributed by atoms with E-state index >= 15 is 0 Å². The van der Waals surface area contributed by atoms with Crippen LogP contribution in [0.3, 0.4) is 0 Å². The van der Waals surface area contributed by atoms with Gasteiger partial charge in [0.25, 0.3) is 0 Å². The highest BCUT2D eigenvalue weighted by molar-refractivity contribution is 9.09. The number of rotatable bonds is 4. The van der Waals surface area contributed by atoms with E-state index in [1.54, 1.807) is 12.1 Å². The van der Waals surface area contributed by atoms with Crippen LogP contribution in [0.1, 0.15) is 15.9 Å². The van der Waals surface area contributed by atoms with Crippen molar-refractivity contribution in [2.75, 3.05) is 5.52 Å². The minimum atomic E-state index is -0.321. The topological polar surface area (TPSA) is 30.2 Å². The van der Waals surface area contributed by atoms with Gasteiger partial charge >= 0.3 is 5.97 Å². The van der Waals surface area contributed by atoms with Crippen LogP contribution < -0.4 is 4.57 Å². The maximum atomic E-state index is 11.5. The highest BCUT2D eigenvalue weighted by Crippen LogP contribution is 2.01. The molecule has 4 heteroatoms. The first-order valence-corrected chi connectivity index (χ1v) is 6.68. The predicted octanol–water partition coefficient (Wildman–Crippen LogP) is 2.53. The fraction of sp³-hybridized carbons (Fsp3) is 0.143. The Hall–Kier alpha value is -1.68. The lowest BCUT2D eigenvalue weighted by atomic mass is 10.2. The van der Waals surface area contributed by atoms with Crippen LogP contribution in [0.5, 0.6) is 0 Å². The summed E-state index contributed by atoms with van der Waals surface area (Å²) >= 11 is 3.06. The normalized spacial score (nSPS) is 10.1. The van der Waals surface area contributed by atoms with Gasteiger partial charge in [0.15, 0.2) is 18.9 Å². The largest absolute Gasteiger partial charge is 0.450 e. The van der Waals surface area contributed by atoms with Crippen LogP contribution in [0, 0.1) is 0 Å². The zero-order valence-electron chi connectivity index (χ0n) is 9.75. The summed E-state index contributed by atoms with van der Waals surface area (Å²) in [5.74, 6) is -0.321. The summed E-state index contributed by atoms with van der Waals surface area (Å²) < 4.78 is 6.87. The SMILES string of the molecule is O=C(OCBr)c1cc[n+](Cc2ccccc2)cc1. The molecule has 0 unspecified atom stereocenters. The summed E-state index contributed by atoms with van der Waals surface area (Å²) in [6.07, 6.45) is 3.75. The fourth-order valence-electron chi connectivity index (χ4n) is 1.63. The Morgan fingerprint density at radius 2 is 1.78 bits per heavy atom. The Bertz CT molecular complexity index is 511. The minimum Gasteiger partial charge on any atom is -0.450 e. The number of hydrogen-bond donors (Lipinski definition) is 0. The van der Waals surface area contributed by atoms with Crippen LogP contribution in [0.4, 0.5) is 0 Å². The molecule has 0 saturated carbocycles. The molecule has 2 rings (SSSR count). The molecule has 0 saturated heterocycles. The molecule has 1 heterocycles. The lowest BCUT2D eigenvalue weighted by Gasteiger charge is -2.00. The summed E-state index contributed by atoms with van der Waals surface area (Å²) in [6.45, 7) is 0.786. The summed E-state index contributed by atoms with van der Waals surface area (Å²) in [7, 11) is 0. The smallest absolute Gasteiger partial charge is 0.339 e. The molecule has 1 aromatic heterocycles. The van der Waals surface area contributed by atoms with Crippen LogP contribution in [0.15, 0.2) is 54.9 Å². The van der Waals surface area contributed by atoms with Gasteiger partial charge in [0.05, 0.1) is 5.56 Å². The number of benzene rings is 1. The quantitative estimate of drug-likeness (QED) is 0.494. The van der Waals surface area contributed by atoms with E-state index in [2.05, 4.69) is 28.1 Å². The average Bonchev–Trinajstić information content (AvgIpc) is 2.41. The minimum absolute atomic E-state index is 0.213. The second-order valence-electron chi connectivity index (χ2n) is 3.79. The van der Waals surface area contributed by atoms with Gasteiger partial charge in [-0.25, -0.2) is 9.36 Å². The van der Waals surface area contributed by atoms with Gasteiger partial charge in [-0.3, -0.25) is 0 Å². The zero-order valence-corrected chi connectivity index (χ0v) is 11.3. The molecule has 0 amide bonds. The number of ether oxygens (including phenoxy) is 1. The molecular weight excluding hydrogens is 294 g/mol. The third-order valence-electron chi connectivity index (χ3n) is 2.52. The molecule has 1 aromatic carbocycles. The van der Waals surface area contributed by atoms with Gasteiger partial charge < -0.3 is 4.74 Å².